The van der Waals surface area contributed by atoms with Crippen molar-refractivity contribution in [2.24, 2.45) is 0 Å². The minimum absolute atomic E-state index is 0.0337. The van der Waals surface area contributed by atoms with Crippen molar-refractivity contribution in [3.8, 4) is 5.75 Å². The zero-order valence-electron chi connectivity index (χ0n) is 19.7. The highest BCUT2D eigenvalue weighted by molar-refractivity contribution is 5.76. The minimum Gasteiger partial charge on any atom is -0.494 e. The number of fused-ring (bicyclic) bond motifs is 1. The lowest BCUT2D eigenvalue weighted by atomic mass is 10.1. The Morgan fingerprint density at radius 3 is 2.46 bits per heavy atom. The molecule has 3 heterocycles. The van der Waals surface area contributed by atoms with Crippen LogP contribution in [-0.4, -0.2) is 68.6 Å². The number of methoxy groups -OCH3 is 1. The lowest BCUT2D eigenvalue weighted by Crippen LogP contribution is -2.48. The van der Waals surface area contributed by atoms with Gasteiger partial charge in [0.05, 0.1) is 7.11 Å². The molecular formula is C23H26F4N6O2. The molecule has 1 aliphatic heterocycles. The van der Waals surface area contributed by atoms with E-state index in [-0.39, 0.29) is 23.9 Å². The molecule has 0 N–H and O–H groups in total. The number of ether oxygens (including phenoxy) is 1. The van der Waals surface area contributed by atoms with Crippen molar-refractivity contribution in [1.82, 2.24) is 29.4 Å². The predicted octanol–water partition coefficient (Wildman–Crippen LogP) is 3.18. The molecule has 35 heavy (non-hydrogen) atoms. The SMILES string of the molecule is COc1ccc(CN2CCN(C(=O)CCc3c(C)nc4nc(C(F)(F)F)nn4c3C)CC2)cc1F. The maximum atomic E-state index is 13.9. The number of halogens is 4. The predicted molar refractivity (Wildman–Crippen MR) is 118 cm³/mol. The fourth-order valence-electron chi connectivity index (χ4n) is 4.30. The van der Waals surface area contributed by atoms with Gasteiger partial charge in [-0.1, -0.05) is 6.07 Å². The van der Waals surface area contributed by atoms with Crippen LogP contribution in [0.5, 0.6) is 5.75 Å². The van der Waals surface area contributed by atoms with Gasteiger partial charge in [0.1, 0.15) is 0 Å². The first-order valence-electron chi connectivity index (χ1n) is 11.2. The van der Waals surface area contributed by atoms with E-state index in [2.05, 4.69) is 20.0 Å². The molecule has 2 aromatic heterocycles. The summed E-state index contributed by atoms with van der Waals surface area (Å²) in [5, 5.41) is 3.55. The molecule has 4 rings (SSSR count). The molecule has 3 aromatic rings. The Hall–Kier alpha value is -3.28. The molecule has 1 amide bonds. The lowest BCUT2D eigenvalue weighted by molar-refractivity contribution is -0.144. The van der Waals surface area contributed by atoms with E-state index >= 15 is 0 Å². The second-order valence-corrected chi connectivity index (χ2v) is 8.53. The van der Waals surface area contributed by atoms with Gasteiger partial charge in [-0.2, -0.15) is 18.2 Å². The highest BCUT2D eigenvalue weighted by Crippen LogP contribution is 2.27. The standard InChI is InChI=1S/C23H26F4N6O2/c1-14-17(15(2)33-22(28-14)29-21(30-33)23(25,26)27)5-7-20(34)32-10-8-31(9-11-32)13-16-4-6-19(35-3)18(24)12-16/h4,6,12H,5,7-11,13H2,1-3H3. The molecule has 1 fully saturated rings. The summed E-state index contributed by atoms with van der Waals surface area (Å²) in [6, 6.07) is 4.88. The number of benzene rings is 1. The Kier molecular flexibility index (Phi) is 6.93. The third kappa shape index (κ3) is 5.37. The summed E-state index contributed by atoms with van der Waals surface area (Å²) in [5.74, 6) is -1.59. The molecule has 8 nitrogen and oxygen atoms in total. The molecule has 188 valence electrons. The van der Waals surface area contributed by atoms with Crippen molar-refractivity contribution in [3.05, 3.63) is 52.4 Å². The number of carbonyl (C=O) groups is 1. The van der Waals surface area contributed by atoms with Crippen LogP contribution >= 0.6 is 0 Å². The molecule has 0 unspecified atom stereocenters. The van der Waals surface area contributed by atoms with Crippen molar-refractivity contribution in [1.29, 1.82) is 0 Å². The number of rotatable bonds is 6. The molecule has 1 saturated heterocycles. The van der Waals surface area contributed by atoms with E-state index in [1.165, 1.54) is 13.2 Å². The van der Waals surface area contributed by atoms with Gasteiger partial charge in [0.15, 0.2) is 11.6 Å². The van der Waals surface area contributed by atoms with Gasteiger partial charge >= 0.3 is 6.18 Å². The monoisotopic (exact) mass is 494 g/mol. The van der Waals surface area contributed by atoms with E-state index in [1.54, 1.807) is 24.8 Å². The fraction of sp³-hybridized carbons (Fsp3) is 0.478. The maximum Gasteiger partial charge on any atom is 0.453 e. The summed E-state index contributed by atoms with van der Waals surface area (Å²) >= 11 is 0. The van der Waals surface area contributed by atoms with Gasteiger partial charge in [-0.15, -0.1) is 5.10 Å². The third-order valence-electron chi connectivity index (χ3n) is 6.24. The van der Waals surface area contributed by atoms with E-state index in [9.17, 15) is 22.4 Å². The average molecular weight is 494 g/mol. The summed E-state index contributed by atoms with van der Waals surface area (Å²) in [7, 11) is 1.42. The summed E-state index contributed by atoms with van der Waals surface area (Å²) in [5.41, 5.74) is 2.53. The van der Waals surface area contributed by atoms with Gasteiger partial charge in [-0.3, -0.25) is 9.69 Å². The van der Waals surface area contributed by atoms with Gasteiger partial charge in [-0.25, -0.2) is 13.9 Å². The first-order valence-corrected chi connectivity index (χ1v) is 11.2. The fourth-order valence-corrected chi connectivity index (χ4v) is 4.30. The number of aromatic nitrogens is 4. The van der Waals surface area contributed by atoms with Gasteiger partial charge in [0.2, 0.25) is 5.91 Å². The summed E-state index contributed by atoms with van der Waals surface area (Å²) in [6.45, 7) is 6.32. The summed E-state index contributed by atoms with van der Waals surface area (Å²) in [4.78, 5) is 24.4. The van der Waals surface area contributed by atoms with Gasteiger partial charge < -0.3 is 9.64 Å². The molecule has 1 aliphatic rings. The van der Waals surface area contributed by atoms with Crippen LogP contribution in [0.25, 0.3) is 5.78 Å². The first-order chi connectivity index (χ1) is 16.6. The van der Waals surface area contributed by atoms with Gasteiger partial charge in [0, 0.05) is 50.5 Å². The smallest absolute Gasteiger partial charge is 0.453 e. The number of piperazine rings is 1. The second-order valence-electron chi connectivity index (χ2n) is 8.53. The number of nitrogens with zero attached hydrogens (tertiary/aromatic N) is 6. The van der Waals surface area contributed by atoms with E-state index < -0.39 is 17.8 Å². The quantitative estimate of drug-likeness (QED) is 0.490. The molecule has 12 heteroatoms. The number of hydrogen-bond donors (Lipinski definition) is 0. The summed E-state index contributed by atoms with van der Waals surface area (Å²) < 4.78 is 58.9. The number of alkyl halides is 3. The van der Waals surface area contributed by atoms with Crippen LogP contribution in [-0.2, 0) is 23.9 Å². The lowest BCUT2D eigenvalue weighted by Gasteiger charge is -2.35. The van der Waals surface area contributed by atoms with Crippen molar-refractivity contribution in [3.63, 3.8) is 0 Å². The van der Waals surface area contributed by atoms with Gasteiger partial charge in [0.25, 0.3) is 11.6 Å². The zero-order chi connectivity index (χ0) is 25.3. The largest absolute Gasteiger partial charge is 0.494 e. The zero-order valence-corrected chi connectivity index (χ0v) is 19.7. The van der Waals surface area contributed by atoms with Crippen molar-refractivity contribution in [2.75, 3.05) is 33.3 Å². The van der Waals surface area contributed by atoms with E-state index in [4.69, 9.17) is 4.74 Å². The number of aryl methyl sites for hydroxylation is 2. The number of amides is 1. The molecule has 0 spiro atoms. The van der Waals surface area contributed by atoms with E-state index in [1.807, 2.05) is 6.07 Å². The highest BCUT2D eigenvalue weighted by atomic mass is 19.4. The average Bonchev–Trinajstić information content (AvgIpc) is 3.24. The van der Waals surface area contributed by atoms with Crippen LogP contribution in [0.15, 0.2) is 18.2 Å². The Balaban J connectivity index is 1.34. The van der Waals surface area contributed by atoms with Crippen LogP contribution in [0.2, 0.25) is 0 Å². The minimum atomic E-state index is -4.66. The van der Waals surface area contributed by atoms with Crippen molar-refractivity contribution >= 4 is 11.7 Å². The molecule has 0 atom stereocenters. The van der Waals surface area contributed by atoms with E-state index in [0.29, 0.717) is 56.1 Å². The Bertz CT molecular complexity index is 1230. The first kappa shape index (κ1) is 24.8. The molecule has 0 radical (unpaired) electrons. The Morgan fingerprint density at radius 1 is 1.11 bits per heavy atom. The van der Waals surface area contributed by atoms with Crippen LogP contribution in [0, 0.1) is 19.7 Å². The van der Waals surface area contributed by atoms with E-state index in [0.717, 1.165) is 10.1 Å². The normalized spacial score (nSPS) is 15.1. The number of carbonyl (C=O) groups excluding carboxylic acids is 1. The van der Waals surface area contributed by atoms with Gasteiger partial charge in [-0.05, 0) is 43.5 Å². The number of hydrogen-bond acceptors (Lipinski definition) is 6. The Morgan fingerprint density at radius 2 is 1.83 bits per heavy atom. The maximum absolute atomic E-state index is 13.9. The molecule has 0 bridgehead atoms. The Labute approximate surface area is 199 Å². The van der Waals surface area contributed by atoms with Crippen LogP contribution < -0.4 is 4.74 Å². The van der Waals surface area contributed by atoms with Crippen LogP contribution in [0.4, 0.5) is 17.6 Å². The van der Waals surface area contributed by atoms with Crippen molar-refractivity contribution < 1.29 is 27.1 Å². The van der Waals surface area contributed by atoms with Crippen LogP contribution in [0.1, 0.15) is 34.8 Å². The molecule has 0 saturated carbocycles. The summed E-state index contributed by atoms with van der Waals surface area (Å²) in [6.07, 6.45) is -4.11. The van der Waals surface area contributed by atoms with Crippen LogP contribution in [0.3, 0.4) is 0 Å². The molecule has 1 aromatic carbocycles. The second kappa shape index (κ2) is 9.76. The third-order valence-corrected chi connectivity index (χ3v) is 6.24. The molecular weight excluding hydrogens is 468 g/mol. The molecule has 0 aliphatic carbocycles. The van der Waals surface area contributed by atoms with Crippen molar-refractivity contribution in [2.45, 2.75) is 39.4 Å². The highest BCUT2D eigenvalue weighted by Gasteiger charge is 2.37. The topological polar surface area (TPSA) is 75.9 Å².